The fourth-order valence-corrected chi connectivity index (χ4v) is 2.89. The maximum absolute atomic E-state index is 12.0. The van der Waals surface area contributed by atoms with Crippen molar-refractivity contribution in [1.82, 2.24) is 10.2 Å². The number of fused-ring (bicyclic) bond motifs is 1. The molecule has 4 nitrogen and oxygen atoms in total. The molecule has 2 heterocycles. The van der Waals surface area contributed by atoms with Crippen molar-refractivity contribution in [2.24, 2.45) is 0 Å². The fraction of sp³-hybridized carbons (Fsp3) is 0. The zero-order chi connectivity index (χ0) is 11.7. The summed E-state index contributed by atoms with van der Waals surface area (Å²) in [5.41, 5.74) is 2.40. The lowest BCUT2D eigenvalue weighted by molar-refractivity contribution is 0.104. The molecule has 2 aromatic rings. The van der Waals surface area contributed by atoms with Gasteiger partial charge in [-0.3, -0.25) is 4.79 Å². The summed E-state index contributed by atoms with van der Waals surface area (Å²) in [7, 11) is 0. The van der Waals surface area contributed by atoms with Crippen molar-refractivity contribution in [3.05, 3.63) is 46.4 Å². The quantitative estimate of drug-likeness (QED) is 0.842. The van der Waals surface area contributed by atoms with E-state index in [1.165, 1.54) is 23.1 Å². The molecule has 3 rings (SSSR count). The summed E-state index contributed by atoms with van der Waals surface area (Å²) in [4.78, 5) is 13.7. The largest absolute Gasteiger partial charge is 0.335 e. The number of anilines is 1. The molecule has 0 bridgehead atoms. The molecule has 1 N–H and O–H groups in total. The second-order valence-electron chi connectivity index (χ2n) is 3.32. The van der Waals surface area contributed by atoms with E-state index >= 15 is 0 Å². The Morgan fingerprint density at radius 2 is 2.18 bits per heavy atom. The van der Waals surface area contributed by atoms with Gasteiger partial charge in [-0.15, -0.1) is 10.2 Å². The molecule has 0 amide bonds. The number of hydrogen-bond acceptors (Lipinski definition) is 6. The molecule has 1 aliphatic rings. The zero-order valence-electron chi connectivity index (χ0n) is 8.58. The number of nitrogens with one attached hydrogen (secondary N) is 1. The monoisotopic (exact) mass is 261 g/mol. The molecule has 17 heavy (non-hydrogen) atoms. The molecule has 1 aromatic carbocycles. The minimum absolute atomic E-state index is 0.0580. The number of aromatic nitrogens is 2. The summed E-state index contributed by atoms with van der Waals surface area (Å²) in [5, 5.41) is 11.2. The summed E-state index contributed by atoms with van der Waals surface area (Å²) in [5.74, 6) is 0.0580. The smallest absolute Gasteiger partial charge is 0.209 e. The molecule has 0 unspecified atom stereocenters. The zero-order valence-corrected chi connectivity index (χ0v) is 10.2. The van der Waals surface area contributed by atoms with Crippen LogP contribution in [-0.4, -0.2) is 16.0 Å². The van der Waals surface area contributed by atoms with E-state index in [4.69, 9.17) is 0 Å². The van der Waals surface area contributed by atoms with Gasteiger partial charge in [0.15, 0.2) is 0 Å². The third kappa shape index (κ3) is 1.96. The highest BCUT2D eigenvalue weighted by molar-refractivity contribution is 8.04. The van der Waals surface area contributed by atoms with Gasteiger partial charge in [0.25, 0.3) is 0 Å². The minimum Gasteiger partial charge on any atom is -0.335 e. The Labute approximate surface area is 106 Å². The molecule has 0 saturated carbocycles. The summed E-state index contributed by atoms with van der Waals surface area (Å²) in [6, 6.07) is 7.60. The Bertz CT molecular complexity index is 593. The first-order valence-corrected chi connectivity index (χ1v) is 6.58. The lowest BCUT2D eigenvalue weighted by Crippen LogP contribution is -1.97. The highest BCUT2D eigenvalue weighted by atomic mass is 32.2. The molecule has 6 heteroatoms. The van der Waals surface area contributed by atoms with E-state index in [0.29, 0.717) is 10.0 Å². The molecule has 0 radical (unpaired) electrons. The van der Waals surface area contributed by atoms with Gasteiger partial charge in [0, 0.05) is 16.7 Å². The molecular weight excluding hydrogens is 254 g/mol. The summed E-state index contributed by atoms with van der Waals surface area (Å²) in [6.07, 6.45) is 1.69. The number of rotatable bonds is 2. The fourth-order valence-electron chi connectivity index (χ4n) is 1.50. The molecule has 0 aliphatic carbocycles. The van der Waals surface area contributed by atoms with Crippen LogP contribution in [0.4, 0.5) is 5.13 Å². The number of benzene rings is 1. The normalized spacial score (nSPS) is 16.2. The second kappa shape index (κ2) is 4.31. The Morgan fingerprint density at radius 3 is 2.94 bits per heavy atom. The van der Waals surface area contributed by atoms with Crippen LogP contribution in [0.15, 0.2) is 45.8 Å². The topological polar surface area (TPSA) is 54.9 Å². The van der Waals surface area contributed by atoms with E-state index in [1.807, 2.05) is 24.3 Å². The van der Waals surface area contributed by atoms with Crippen LogP contribution in [0, 0.1) is 0 Å². The van der Waals surface area contributed by atoms with Crippen LogP contribution < -0.4 is 5.32 Å². The third-order valence-corrected chi connectivity index (χ3v) is 3.98. The lowest BCUT2D eigenvalue weighted by Gasteiger charge is -1.94. The number of nitrogens with zero attached hydrogens (tertiary/aromatic N) is 2. The van der Waals surface area contributed by atoms with Gasteiger partial charge >= 0.3 is 0 Å². The average molecular weight is 261 g/mol. The van der Waals surface area contributed by atoms with Crippen molar-refractivity contribution in [3.8, 4) is 0 Å². The molecule has 0 spiro atoms. The standard InChI is InChI=1S/C11H7N3OS2/c15-10-7-3-1-2-4-8(7)17-9(10)5-12-11-14-13-6-16-11/h1-6H,(H,12,14). The third-order valence-electron chi connectivity index (χ3n) is 2.26. The highest BCUT2D eigenvalue weighted by Gasteiger charge is 2.25. The molecule has 0 fully saturated rings. The lowest BCUT2D eigenvalue weighted by atomic mass is 10.1. The Kier molecular flexibility index (Phi) is 2.66. The predicted molar refractivity (Wildman–Crippen MR) is 68.2 cm³/mol. The molecule has 84 valence electrons. The molecule has 1 aromatic heterocycles. The van der Waals surface area contributed by atoms with Gasteiger partial charge in [0.1, 0.15) is 5.51 Å². The maximum atomic E-state index is 12.0. The van der Waals surface area contributed by atoms with Crippen molar-refractivity contribution >= 4 is 34.0 Å². The number of ketones is 1. The second-order valence-corrected chi connectivity index (χ2v) is 5.24. The number of carbonyl (C=O) groups excluding carboxylic acids is 1. The number of allylic oxidation sites excluding steroid dienone is 1. The van der Waals surface area contributed by atoms with Crippen LogP contribution in [0.5, 0.6) is 0 Å². The minimum atomic E-state index is 0.0580. The van der Waals surface area contributed by atoms with Gasteiger partial charge in [-0.1, -0.05) is 35.2 Å². The van der Waals surface area contributed by atoms with Gasteiger partial charge in [-0.2, -0.15) is 0 Å². The van der Waals surface area contributed by atoms with E-state index in [0.717, 1.165) is 10.5 Å². The van der Waals surface area contributed by atoms with Crippen LogP contribution in [0.2, 0.25) is 0 Å². The van der Waals surface area contributed by atoms with Crippen LogP contribution in [0.1, 0.15) is 10.4 Å². The molecule has 0 atom stereocenters. The first kappa shape index (κ1) is 10.5. The summed E-state index contributed by atoms with van der Waals surface area (Å²) >= 11 is 2.86. The summed E-state index contributed by atoms with van der Waals surface area (Å²) < 4.78 is 0. The van der Waals surface area contributed by atoms with Crippen LogP contribution in [0.3, 0.4) is 0 Å². The SMILES string of the molecule is O=C1C(=CNc2nncs2)Sc2ccccc21. The Balaban J connectivity index is 1.84. The Morgan fingerprint density at radius 1 is 1.29 bits per heavy atom. The number of carbonyl (C=O) groups is 1. The van der Waals surface area contributed by atoms with E-state index < -0.39 is 0 Å². The average Bonchev–Trinajstić information content (AvgIpc) is 2.96. The van der Waals surface area contributed by atoms with Crippen molar-refractivity contribution in [1.29, 1.82) is 0 Å². The number of hydrogen-bond donors (Lipinski definition) is 1. The van der Waals surface area contributed by atoms with Gasteiger partial charge < -0.3 is 5.32 Å². The van der Waals surface area contributed by atoms with E-state index in [-0.39, 0.29) is 5.78 Å². The number of Topliss-reactive ketones (excluding diaryl/α,β-unsaturated/α-hetero) is 1. The van der Waals surface area contributed by atoms with Gasteiger partial charge in [-0.05, 0) is 12.1 Å². The van der Waals surface area contributed by atoms with Crippen LogP contribution in [0.25, 0.3) is 0 Å². The molecular formula is C11H7N3OS2. The number of thioether (sulfide) groups is 1. The van der Waals surface area contributed by atoms with E-state index in [1.54, 1.807) is 11.7 Å². The van der Waals surface area contributed by atoms with Crippen LogP contribution in [-0.2, 0) is 0 Å². The highest BCUT2D eigenvalue weighted by Crippen LogP contribution is 2.39. The predicted octanol–water partition coefficient (Wildman–Crippen LogP) is 2.78. The van der Waals surface area contributed by atoms with E-state index in [9.17, 15) is 4.79 Å². The van der Waals surface area contributed by atoms with Crippen molar-refractivity contribution in [2.45, 2.75) is 4.90 Å². The van der Waals surface area contributed by atoms with Crippen molar-refractivity contribution in [3.63, 3.8) is 0 Å². The molecule has 1 aliphatic heterocycles. The van der Waals surface area contributed by atoms with E-state index in [2.05, 4.69) is 15.5 Å². The molecule has 0 saturated heterocycles. The maximum Gasteiger partial charge on any atom is 0.209 e. The van der Waals surface area contributed by atoms with Gasteiger partial charge in [-0.25, -0.2) is 0 Å². The first-order valence-electron chi connectivity index (χ1n) is 4.89. The van der Waals surface area contributed by atoms with Gasteiger partial charge in [0.05, 0.1) is 4.91 Å². The Hall–Kier alpha value is -1.66. The summed E-state index contributed by atoms with van der Waals surface area (Å²) in [6.45, 7) is 0. The first-order chi connectivity index (χ1) is 8.34. The van der Waals surface area contributed by atoms with Crippen molar-refractivity contribution < 1.29 is 4.79 Å². The van der Waals surface area contributed by atoms with Crippen molar-refractivity contribution in [2.75, 3.05) is 5.32 Å². The van der Waals surface area contributed by atoms with Crippen LogP contribution >= 0.6 is 23.1 Å². The van der Waals surface area contributed by atoms with Gasteiger partial charge in [0.2, 0.25) is 10.9 Å².